The molecule has 4 aliphatic carbocycles. The van der Waals surface area contributed by atoms with Crippen molar-refractivity contribution in [3.05, 3.63) is 36.0 Å². The van der Waals surface area contributed by atoms with Gasteiger partial charge in [0.2, 0.25) is 5.91 Å². The molecule has 7 heteroatoms. The summed E-state index contributed by atoms with van der Waals surface area (Å²) < 4.78 is 0. The van der Waals surface area contributed by atoms with Gasteiger partial charge < -0.3 is 15.7 Å². The fraction of sp³-hybridized carbons (Fsp3) is 0.630. The second-order valence-electron chi connectivity index (χ2n) is 10.7. The van der Waals surface area contributed by atoms with Crippen molar-refractivity contribution >= 4 is 47.3 Å². The SMILES string of the molecule is Cl.Cl.O=C(CC12CC3CC(CC(C3)C1)C2)Nc1cccc2nc(CCCNCCCO)ccc12. The van der Waals surface area contributed by atoms with E-state index in [1.54, 1.807) is 0 Å². The molecule has 0 saturated heterocycles. The molecule has 1 amide bonds. The number of hydrogen-bond acceptors (Lipinski definition) is 4. The van der Waals surface area contributed by atoms with E-state index in [0.29, 0.717) is 6.42 Å². The predicted molar refractivity (Wildman–Crippen MR) is 143 cm³/mol. The maximum absolute atomic E-state index is 13.1. The van der Waals surface area contributed by atoms with Crippen LogP contribution in [0.15, 0.2) is 30.3 Å². The van der Waals surface area contributed by atoms with Gasteiger partial charge in [-0.2, -0.15) is 0 Å². The highest BCUT2D eigenvalue weighted by Gasteiger charge is 2.51. The van der Waals surface area contributed by atoms with Gasteiger partial charge in [0.05, 0.1) is 11.2 Å². The van der Waals surface area contributed by atoms with Crippen LogP contribution in [-0.4, -0.2) is 35.7 Å². The number of pyridine rings is 1. The van der Waals surface area contributed by atoms with E-state index in [1.165, 1.54) is 38.5 Å². The highest BCUT2D eigenvalue weighted by Crippen LogP contribution is 2.61. The fourth-order valence-corrected chi connectivity index (χ4v) is 7.21. The largest absolute Gasteiger partial charge is 0.396 e. The number of amides is 1. The lowest BCUT2D eigenvalue weighted by molar-refractivity contribution is -0.124. The summed E-state index contributed by atoms with van der Waals surface area (Å²) in [5.41, 5.74) is 3.18. The van der Waals surface area contributed by atoms with Crippen molar-refractivity contribution in [3.63, 3.8) is 0 Å². The zero-order valence-corrected chi connectivity index (χ0v) is 21.6. The van der Waals surface area contributed by atoms with Crippen molar-refractivity contribution in [1.82, 2.24) is 10.3 Å². The lowest BCUT2D eigenvalue weighted by atomic mass is 9.49. The lowest BCUT2D eigenvalue weighted by Gasteiger charge is -2.56. The van der Waals surface area contributed by atoms with Crippen molar-refractivity contribution in [2.45, 2.75) is 64.2 Å². The minimum absolute atomic E-state index is 0. The summed E-state index contributed by atoms with van der Waals surface area (Å²) in [4.78, 5) is 17.9. The quantitative estimate of drug-likeness (QED) is 0.369. The first kappa shape index (κ1) is 27.2. The molecule has 1 heterocycles. The average molecular weight is 509 g/mol. The van der Waals surface area contributed by atoms with Gasteiger partial charge in [0.1, 0.15) is 0 Å². The first-order chi connectivity index (χ1) is 15.6. The van der Waals surface area contributed by atoms with Crippen molar-refractivity contribution in [2.24, 2.45) is 23.2 Å². The molecule has 3 N–H and O–H groups in total. The number of aryl methyl sites for hydroxylation is 1. The summed E-state index contributed by atoms with van der Waals surface area (Å²) in [6, 6.07) is 10.2. The summed E-state index contributed by atoms with van der Waals surface area (Å²) in [5, 5.41) is 16.4. The number of benzene rings is 1. The van der Waals surface area contributed by atoms with E-state index in [4.69, 9.17) is 10.1 Å². The molecular formula is C27H39Cl2N3O2. The number of fused-ring (bicyclic) bond motifs is 1. The molecule has 0 atom stereocenters. The van der Waals surface area contributed by atoms with Crippen LogP contribution in [-0.2, 0) is 11.2 Å². The molecule has 4 aliphatic rings. The molecule has 34 heavy (non-hydrogen) atoms. The minimum atomic E-state index is 0. The molecule has 2 aromatic rings. The number of aliphatic hydroxyl groups is 1. The first-order valence-corrected chi connectivity index (χ1v) is 12.6. The van der Waals surface area contributed by atoms with Gasteiger partial charge in [-0.05, 0) is 118 Å². The minimum Gasteiger partial charge on any atom is -0.396 e. The van der Waals surface area contributed by atoms with Crippen LogP contribution in [0.25, 0.3) is 10.9 Å². The third-order valence-electron chi connectivity index (χ3n) is 8.06. The lowest BCUT2D eigenvalue weighted by Crippen LogP contribution is -2.47. The number of rotatable bonds is 10. The molecule has 0 spiro atoms. The standard InChI is InChI=1S/C27H37N3O2.2ClH/c31-11-3-10-28-9-2-4-22-7-8-23-24(29-22)5-1-6-25(23)30-26(32)18-27-15-19-12-20(16-27)14-21(13-19)17-27;;/h1,5-8,19-21,28,31H,2-4,9-18H2,(H,30,32);2*1H. The van der Waals surface area contributed by atoms with Gasteiger partial charge in [0.15, 0.2) is 0 Å². The molecule has 4 saturated carbocycles. The third-order valence-corrected chi connectivity index (χ3v) is 8.06. The topological polar surface area (TPSA) is 74.2 Å². The molecule has 5 nitrogen and oxygen atoms in total. The number of nitrogens with one attached hydrogen (secondary N) is 2. The Labute approximate surface area is 215 Å². The summed E-state index contributed by atoms with van der Waals surface area (Å²) in [7, 11) is 0. The predicted octanol–water partition coefficient (Wildman–Crippen LogP) is 5.53. The van der Waals surface area contributed by atoms with E-state index in [0.717, 1.165) is 72.4 Å². The van der Waals surface area contributed by atoms with Crippen LogP contribution in [0, 0.1) is 23.2 Å². The van der Waals surface area contributed by atoms with E-state index in [1.807, 2.05) is 18.2 Å². The highest BCUT2D eigenvalue weighted by molar-refractivity contribution is 6.01. The summed E-state index contributed by atoms with van der Waals surface area (Å²) in [6.45, 7) is 2.02. The Bertz CT molecular complexity index is 933. The normalized spacial score (nSPS) is 26.7. The Balaban J connectivity index is 0.00000162. The molecule has 4 fully saturated rings. The molecule has 6 rings (SSSR count). The van der Waals surface area contributed by atoms with Gasteiger partial charge in [-0.15, -0.1) is 24.8 Å². The van der Waals surface area contributed by atoms with Crippen LogP contribution in [0.5, 0.6) is 0 Å². The summed E-state index contributed by atoms with van der Waals surface area (Å²) >= 11 is 0. The number of halogens is 2. The monoisotopic (exact) mass is 507 g/mol. The van der Waals surface area contributed by atoms with Gasteiger partial charge in [-0.25, -0.2) is 0 Å². The van der Waals surface area contributed by atoms with Gasteiger partial charge in [-0.1, -0.05) is 6.07 Å². The third kappa shape index (κ3) is 6.23. The van der Waals surface area contributed by atoms with Crippen molar-refractivity contribution in [2.75, 3.05) is 25.0 Å². The second-order valence-corrected chi connectivity index (χ2v) is 10.7. The van der Waals surface area contributed by atoms with Crippen LogP contribution in [0.3, 0.4) is 0 Å². The molecule has 0 radical (unpaired) electrons. The van der Waals surface area contributed by atoms with Crippen molar-refractivity contribution in [3.8, 4) is 0 Å². The summed E-state index contributed by atoms with van der Waals surface area (Å²) in [5.74, 6) is 2.80. The highest BCUT2D eigenvalue weighted by atomic mass is 35.5. The maximum Gasteiger partial charge on any atom is 0.224 e. The number of aliphatic hydroxyl groups excluding tert-OH is 1. The Morgan fingerprint density at radius 2 is 1.65 bits per heavy atom. The smallest absolute Gasteiger partial charge is 0.224 e. The van der Waals surface area contributed by atoms with Crippen molar-refractivity contribution in [1.29, 1.82) is 0 Å². The van der Waals surface area contributed by atoms with Gasteiger partial charge in [0.25, 0.3) is 0 Å². The number of carbonyl (C=O) groups is 1. The summed E-state index contributed by atoms with van der Waals surface area (Å²) in [6.07, 6.45) is 11.5. The van der Waals surface area contributed by atoms with Gasteiger partial charge >= 0.3 is 0 Å². The van der Waals surface area contributed by atoms with E-state index >= 15 is 0 Å². The van der Waals surface area contributed by atoms with Crippen LogP contribution in [0.2, 0.25) is 0 Å². The molecule has 0 aliphatic heterocycles. The van der Waals surface area contributed by atoms with E-state index in [-0.39, 0.29) is 42.7 Å². The van der Waals surface area contributed by atoms with E-state index in [2.05, 4.69) is 22.8 Å². The zero-order valence-electron chi connectivity index (χ0n) is 19.9. The van der Waals surface area contributed by atoms with E-state index < -0.39 is 0 Å². The maximum atomic E-state index is 13.1. The zero-order chi connectivity index (χ0) is 22.0. The van der Waals surface area contributed by atoms with Crippen LogP contribution >= 0.6 is 24.8 Å². The first-order valence-electron chi connectivity index (χ1n) is 12.6. The number of hydrogen-bond donors (Lipinski definition) is 3. The van der Waals surface area contributed by atoms with Crippen LogP contribution in [0.4, 0.5) is 5.69 Å². The Morgan fingerprint density at radius 3 is 2.32 bits per heavy atom. The van der Waals surface area contributed by atoms with Gasteiger partial charge in [0, 0.05) is 24.1 Å². The molecule has 188 valence electrons. The van der Waals surface area contributed by atoms with Crippen molar-refractivity contribution < 1.29 is 9.90 Å². The molecule has 0 unspecified atom stereocenters. The average Bonchev–Trinajstić information content (AvgIpc) is 2.75. The second kappa shape index (κ2) is 12.0. The van der Waals surface area contributed by atoms with Crippen LogP contribution in [0.1, 0.15) is 63.5 Å². The Kier molecular flexibility index (Phi) is 9.62. The van der Waals surface area contributed by atoms with Crippen LogP contribution < -0.4 is 10.6 Å². The number of aromatic nitrogens is 1. The fourth-order valence-electron chi connectivity index (χ4n) is 7.21. The van der Waals surface area contributed by atoms with E-state index in [9.17, 15) is 4.79 Å². The molecular weight excluding hydrogens is 469 g/mol. The number of carbonyl (C=O) groups excluding carboxylic acids is 1. The number of nitrogens with zero attached hydrogens (tertiary/aromatic N) is 1. The Hall–Kier alpha value is -1.40. The number of anilines is 1. The Morgan fingerprint density at radius 1 is 0.971 bits per heavy atom. The molecule has 1 aromatic heterocycles. The molecule has 1 aromatic carbocycles. The van der Waals surface area contributed by atoms with Gasteiger partial charge in [-0.3, -0.25) is 9.78 Å². The molecule has 4 bridgehead atoms.